The molecule has 15 heavy (non-hydrogen) atoms. The molecule has 0 aliphatic heterocycles. The van der Waals surface area contributed by atoms with Crippen LogP contribution in [-0.4, -0.2) is 27.8 Å². The molecule has 1 saturated carbocycles. The minimum atomic E-state index is 0.770. The SMILES string of the molecule is CSCCCn1ccc(CNC2CC2)n1. The molecule has 0 spiro atoms. The Kier molecular flexibility index (Phi) is 4.09. The van der Waals surface area contributed by atoms with Crippen LogP contribution in [0.25, 0.3) is 0 Å². The molecule has 0 radical (unpaired) electrons. The maximum absolute atomic E-state index is 4.53. The summed E-state index contributed by atoms with van der Waals surface area (Å²) in [6.07, 6.45) is 8.12. The van der Waals surface area contributed by atoms with E-state index in [1.54, 1.807) is 0 Å². The second-order valence-corrected chi connectivity index (χ2v) is 5.06. The first-order valence-electron chi connectivity index (χ1n) is 5.63. The smallest absolute Gasteiger partial charge is 0.0762 e. The monoisotopic (exact) mass is 225 g/mol. The third-order valence-electron chi connectivity index (χ3n) is 2.58. The van der Waals surface area contributed by atoms with Crippen LogP contribution in [0.1, 0.15) is 25.0 Å². The Balaban J connectivity index is 1.70. The standard InChI is InChI=1S/C11H19N3S/c1-15-8-2-6-14-7-5-11(13-14)9-12-10-3-4-10/h5,7,10,12H,2-4,6,8-9H2,1H3. The summed E-state index contributed by atoms with van der Waals surface area (Å²) < 4.78 is 2.06. The zero-order valence-corrected chi connectivity index (χ0v) is 10.1. The van der Waals surface area contributed by atoms with Crippen molar-refractivity contribution in [2.24, 2.45) is 0 Å². The predicted molar refractivity (Wildman–Crippen MR) is 65.1 cm³/mol. The Morgan fingerprint density at radius 1 is 1.60 bits per heavy atom. The highest BCUT2D eigenvalue weighted by Gasteiger charge is 2.20. The van der Waals surface area contributed by atoms with E-state index in [1.807, 2.05) is 11.8 Å². The molecular weight excluding hydrogens is 206 g/mol. The van der Waals surface area contributed by atoms with Crippen molar-refractivity contribution in [2.75, 3.05) is 12.0 Å². The fraction of sp³-hybridized carbons (Fsp3) is 0.727. The highest BCUT2D eigenvalue weighted by Crippen LogP contribution is 2.18. The van der Waals surface area contributed by atoms with E-state index in [-0.39, 0.29) is 0 Å². The maximum Gasteiger partial charge on any atom is 0.0762 e. The van der Waals surface area contributed by atoms with Crippen LogP contribution in [-0.2, 0) is 13.1 Å². The minimum absolute atomic E-state index is 0.770. The Hall–Kier alpha value is -0.480. The Bertz CT molecular complexity index is 294. The van der Waals surface area contributed by atoms with Gasteiger partial charge in [0.15, 0.2) is 0 Å². The molecule has 1 aromatic heterocycles. The van der Waals surface area contributed by atoms with E-state index in [2.05, 4.69) is 33.6 Å². The van der Waals surface area contributed by atoms with Crippen LogP contribution >= 0.6 is 11.8 Å². The number of hydrogen-bond donors (Lipinski definition) is 1. The summed E-state index contributed by atoms with van der Waals surface area (Å²) in [7, 11) is 0. The molecule has 0 saturated heterocycles. The van der Waals surface area contributed by atoms with Gasteiger partial charge in [-0.25, -0.2) is 0 Å². The van der Waals surface area contributed by atoms with E-state index in [0.29, 0.717) is 0 Å². The van der Waals surface area contributed by atoms with Gasteiger partial charge in [0.2, 0.25) is 0 Å². The number of aryl methyl sites for hydroxylation is 1. The van der Waals surface area contributed by atoms with Gasteiger partial charge in [-0.1, -0.05) is 0 Å². The van der Waals surface area contributed by atoms with Crippen molar-refractivity contribution in [3.63, 3.8) is 0 Å². The number of nitrogens with zero attached hydrogens (tertiary/aromatic N) is 2. The van der Waals surface area contributed by atoms with E-state index in [4.69, 9.17) is 0 Å². The zero-order valence-electron chi connectivity index (χ0n) is 9.28. The highest BCUT2D eigenvalue weighted by atomic mass is 32.2. The van der Waals surface area contributed by atoms with Crippen molar-refractivity contribution in [1.82, 2.24) is 15.1 Å². The Morgan fingerprint density at radius 3 is 3.20 bits per heavy atom. The number of nitrogens with one attached hydrogen (secondary N) is 1. The van der Waals surface area contributed by atoms with Gasteiger partial charge in [-0.2, -0.15) is 16.9 Å². The molecule has 4 heteroatoms. The van der Waals surface area contributed by atoms with Gasteiger partial charge in [0.1, 0.15) is 0 Å². The molecule has 1 N–H and O–H groups in total. The Labute approximate surface area is 95.6 Å². The van der Waals surface area contributed by atoms with Crippen molar-refractivity contribution in [3.05, 3.63) is 18.0 Å². The summed E-state index contributed by atoms with van der Waals surface area (Å²) in [4.78, 5) is 0. The van der Waals surface area contributed by atoms with Crippen molar-refractivity contribution in [3.8, 4) is 0 Å². The second-order valence-electron chi connectivity index (χ2n) is 4.07. The van der Waals surface area contributed by atoms with Gasteiger partial charge in [0.05, 0.1) is 5.69 Å². The van der Waals surface area contributed by atoms with Crippen LogP contribution in [0.3, 0.4) is 0 Å². The Morgan fingerprint density at radius 2 is 2.47 bits per heavy atom. The predicted octanol–water partition coefficient (Wildman–Crippen LogP) is 1.89. The van der Waals surface area contributed by atoms with Crippen LogP contribution in [0.15, 0.2) is 12.3 Å². The summed E-state index contributed by atoms with van der Waals surface area (Å²) in [5.41, 5.74) is 1.17. The summed E-state index contributed by atoms with van der Waals surface area (Å²) in [5, 5.41) is 8.00. The molecule has 0 amide bonds. The summed E-state index contributed by atoms with van der Waals surface area (Å²) >= 11 is 1.90. The minimum Gasteiger partial charge on any atom is -0.308 e. The molecule has 1 fully saturated rings. The summed E-state index contributed by atoms with van der Waals surface area (Å²) in [6.45, 7) is 1.98. The largest absolute Gasteiger partial charge is 0.308 e. The first kappa shape index (κ1) is 11.0. The third-order valence-corrected chi connectivity index (χ3v) is 3.28. The molecule has 84 valence electrons. The van der Waals surface area contributed by atoms with Gasteiger partial charge < -0.3 is 5.32 Å². The van der Waals surface area contributed by atoms with Gasteiger partial charge in [-0.3, -0.25) is 4.68 Å². The van der Waals surface area contributed by atoms with Gasteiger partial charge in [-0.05, 0) is 37.3 Å². The van der Waals surface area contributed by atoms with Crippen LogP contribution in [0.5, 0.6) is 0 Å². The molecule has 0 aromatic carbocycles. The molecule has 0 bridgehead atoms. The lowest BCUT2D eigenvalue weighted by Crippen LogP contribution is -2.16. The van der Waals surface area contributed by atoms with Crippen LogP contribution in [0, 0.1) is 0 Å². The van der Waals surface area contributed by atoms with Crippen molar-refractivity contribution >= 4 is 11.8 Å². The topological polar surface area (TPSA) is 29.9 Å². The zero-order chi connectivity index (χ0) is 10.5. The van der Waals surface area contributed by atoms with Gasteiger partial charge in [0.25, 0.3) is 0 Å². The fourth-order valence-electron chi connectivity index (χ4n) is 1.53. The van der Waals surface area contributed by atoms with E-state index < -0.39 is 0 Å². The molecule has 0 atom stereocenters. The molecule has 0 unspecified atom stereocenters. The third kappa shape index (κ3) is 3.87. The van der Waals surface area contributed by atoms with Crippen molar-refractivity contribution in [1.29, 1.82) is 0 Å². The lowest BCUT2D eigenvalue weighted by molar-refractivity contribution is 0.584. The highest BCUT2D eigenvalue weighted by molar-refractivity contribution is 7.98. The maximum atomic E-state index is 4.53. The van der Waals surface area contributed by atoms with Crippen LogP contribution in [0.4, 0.5) is 0 Å². The molecular formula is C11H19N3S. The molecule has 1 aromatic rings. The molecule has 1 heterocycles. The number of rotatable bonds is 7. The lowest BCUT2D eigenvalue weighted by atomic mass is 10.4. The molecule has 2 rings (SSSR count). The average Bonchev–Trinajstić information content (AvgIpc) is 2.97. The van der Waals surface area contributed by atoms with Crippen LogP contribution < -0.4 is 5.32 Å². The normalized spacial score (nSPS) is 15.8. The number of aromatic nitrogens is 2. The number of thioether (sulfide) groups is 1. The van der Waals surface area contributed by atoms with Gasteiger partial charge >= 0.3 is 0 Å². The molecule has 1 aliphatic carbocycles. The van der Waals surface area contributed by atoms with E-state index in [1.165, 1.54) is 30.7 Å². The first-order valence-corrected chi connectivity index (χ1v) is 7.02. The lowest BCUT2D eigenvalue weighted by Gasteiger charge is -2.00. The molecule has 1 aliphatic rings. The van der Waals surface area contributed by atoms with Gasteiger partial charge in [-0.15, -0.1) is 0 Å². The first-order chi connectivity index (χ1) is 7.38. The van der Waals surface area contributed by atoms with E-state index >= 15 is 0 Å². The quantitative estimate of drug-likeness (QED) is 0.719. The van der Waals surface area contributed by atoms with E-state index in [0.717, 1.165) is 19.1 Å². The summed E-state index contributed by atoms with van der Waals surface area (Å²) in [5.74, 6) is 1.22. The van der Waals surface area contributed by atoms with Gasteiger partial charge in [0, 0.05) is 25.3 Å². The van der Waals surface area contributed by atoms with E-state index in [9.17, 15) is 0 Å². The number of hydrogen-bond acceptors (Lipinski definition) is 3. The summed E-state index contributed by atoms with van der Waals surface area (Å²) in [6, 6.07) is 2.89. The van der Waals surface area contributed by atoms with Crippen LogP contribution in [0.2, 0.25) is 0 Å². The van der Waals surface area contributed by atoms with Crippen molar-refractivity contribution < 1.29 is 0 Å². The average molecular weight is 225 g/mol. The fourth-order valence-corrected chi connectivity index (χ4v) is 1.95. The van der Waals surface area contributed by atoms with Crippen molar-refractivity contribution in [2.45, 2.75) is 38.4 Å². The second kappa shape index (κ2) is 5.56. The molecule has 3 nitrogen and oxygen atoms in total.